The lowest BCUT2D eigenvalue weighted by Gasteiger charge is -2.08. The molecule has 0 radical (unpaired) electrons. The molecule has 0 amide bonds. The average Bonchev–Trinajstić information content (AvgIpc) is 2.09. The number of unbranched alkanes of at least 4 members (excludes halogenated alkanes) is 3. The minimum atomic E-state index is -0.703. The first-order chi connectivity index (χ1) is 6.16. The molecule has 0 aromatic heterocycles. The molecule has 78 valence electrons. The zero-order valence-electron chi connectivity index (χ0n) is 8.58. The molecule has 0 aromatic rings. The van der Waals surface area contributed by atoms with Gasteiger partial charge in [0.25, 0.3) is 0 Å². The monoisotopic (exact) mass is 204 g/mol. The van der Waals surface area contributed by atoms with E-state index in [0.29, 0.717) is 5.25 Å². The minimum Gasteiger partial charge on any atom is -0.481 e. The number of rotatable bonds is 8. The highest BCUT2D eigenvalue weighted by molar-refractivity contribution is 8.00. The summed E-state index contributed by atoms with van der Waals surface area (Å²) in [5, 5.41) is 8.94. The van der Waals surface area contributed by atoms with Crippen molar-refractivity contribution in [2.45, 2.75) is 51.2 Å². The van der Waals surface area contributed by atoms with Crippen LogP contribution in [-0.4, -0.2) is 22.1 Å². The quantitative estimate of drug-likeness (QED) is 0.617. The molecule has 0 aromatic carbocycles. The van der Waals surface area contributed by atoms with Gasteiger partial charge in [0.1, 0.15) is 0 Å². The van der Waals surface area contributed by atoms with E-state index >= 15 is 0 Å². The zero-order valence-corrected chi connectivity index (χ0v) is 9.40. The molecule has 3 heteroatoms. The summed E-state index contributed by atoms with van der Waals surface area (Å²) < 4.78 is 0. The van der Waals surface area contributed by atoms with E-state index in [0.717, 1.165) is 6.42 Å². The van der Waals surface area contributed by atoms with E-state index in [1.807, 2.05) is 0 Å². The van der Waals surface area contributed by atoms with Crippen molar-refractivity contribution in [3.05, 3.63) is 0 Å². The molecule has 2 nitrogen and oxygen atoms in total. The predicted octanol–water partition coefficient (Wildman–Crippen LogP) is 3.16. The number of thioether (sulfide) groups is 1. The van der Waals surface area contributed by atoms with E-state index in [2.05, 4.69) is 13.8 Å². The summed E-state index contributed by atoms with van der Waals surface area (Å²) in [4.78, 5) is 10.3. The first-order valence-corrected chi connectivity index (χ1v) is 6.05. The third kappa shape index (κ3) is 9.74. The van der Waals surface area contributed by atoms with Crippen LogP contribution in [0, 0.1) is 0 Å². The molecule has 0 fully saturated rings. The van der Waals surface area contributed by atoms with Crippen molar-refractivity contribution in [2.24, 2.45) is 0 Å². The van der Waals surface area contributed by atoms with Gasteiger partial charge in [-0.2, -0.15) is 0 Å². The van der Waals surface area contributed by atoms with E-state index in [9.17, 15) is 4.79 Å². The van der Waals surface area contributed by atoms with Crippen LogP contribution in [0.3, 0.4) is 0 Å². The Hall–Kier alpha value is -0.180. The summed E-state index contributed by atoms with van der Waals surface area (Å²) in [5.41, 5.74) is 0. The van der Waals surface area contributed by atoms with Crippen molar-refractivity contribution in [1.29, 1.82) is 0 Å². The van der Waals surface area contributed by atoms with Crippen LogP contribution in [0.15, 0.2) is 0 Å². The van der Waals surface area contributed by atoms with Crippen LogP contribution in [-0.2, 0) is 4.79 Å². The molecule has 0 rings (SSSR count). The molecule has 0 spiro atoms. The molecular formula is C10H20O2S. The number of carboxylic acid groups (broad SMARTS) is 1. The summed E-state index contributed by atoms with van der Waals surface area (Å²) in [5.74, 6) is -0.458. The Balaban J connectivity index is 3.19. The number of carboxylic acids is 1. The van der Waals surface area contributed by atoms with Gasteiger partial charge in [0.05, 0.1) is 5.75 Å². The first-order valence-electron chi connectivity index (χ1n) is 5.00. The van der Waals surface area contributed by atoms with Gasteiger partial charge in [0.2, 0.25) is 0 Å². The van der Waals surface area contributed by atoms with Gasteiger partial charge in [-0.1, -0.05) is 39.5 Å². The summed E-state index contributed by atoms with van der Waals surface area (Å²) in [6.07, 6.45) is 6.24. The lowest BCUT2D eigenvalue weighted by atomic mass is 10.1. The highest BCUT2D eigenvalue weighted by Gasteiger charge is 2.04. The maximum atomic E-state index is 10.3. The molecule has 0 saturated heterocycles. The third-order valence-electron chi connectivity index (χ3n) is 1.96. The molecule has 0 aliphatic heterocycles. The molecular weight excluding hydrogens is 184 g/mol. The lowest BCUT2D eigenvalue weighted by Crippen LogP contribution is -2.04. The van der Waals surface area contributed by atoms with E-state index in [4.69, 9.17) is 5.11 Å². The topological polar surface area (TPSA) is 37.3 Å². The second-order valence-electron chi connectivity index (χ2n) is 3.36. The van der Waals surface area contributed by atoms with Gasteiger partial charge in [-0.05, 0) is 6.42 Å². The SMILES string of the molecule is CCCCCCC(C)SCC(=O)O. The second-order valence-corrected chi connectivity index (χ2v) is 4.79. The van der Waals surface area contributed by atoms with Crippen LogP contribution in [0.2, 0.25) is 0 Å². The van der Waals surface area contributed by atoms with Gasteiger partial charge in [0, 0.05) is 5.25 Å². The van der Waals surface area contributed by atoms with Gasteiger partial charge in [-0.25, -0.2) is 0 Å². The van der Waals surface area contributed by atoms with Gasteiger partial charge in [-0.3, -0.25) is 4.79 Å². The second kappa shape index (κ2) is 8.42. The summed E-state index contributed by atoms with van der Waals surface area (Å²) >= 11 is 1.54. The highest BCUT2D eigenvalue weighted by atomic mass is 32.2. The van der Waals surface area contributed by atoms with Gasteiger partial charge in [-0.15, -0.1) is 11.8 Å². The van der Waals surface area contributed by atoms with Gasteiger partial charge in [0.15, 0.2) is 0 Å². The average molecular weight is 204 g/mol. The molecule has 0 heterocycles. The predicted molar refractivity (Wildman–Crippen MR) is 58.3 cm³/mol. The molecule has 0 aliphatic carbocycles. The molecule has 1 atom stereocenters. The minimum absolute atomic E-state index is 0.245. The van der Waals surface area contributed by atoms with E-state index in [-0.39, 0.29) is 5.75 Å². The van der Waals surface area contributed by atoms with Crippen molar-refractivity contribution in [3.63, 3.8) is 0 Å². The van der Waals surface area contributed by atoms with Crippen LogP contribution >= 0.6 is 11.8 Å². The summed E-state index contributed by atoms with van der Waals surface area (Å²) in [6, 6.07) is 0. The summed E-state index contributed by atoms with van der Waals surface area (Å²) in [7, 11) is 0. The Morgan fingerprint density at radius 2 is 2.08 bits per heavy atom. The maximum Gasteiger partial charge on any atom is 0.313 e. The van der Waals surface area contributed by atoms with Gasteiger partial charge < -0.3 is 5.11 Å². The molecule has 0 bridgehead atoms. The third-order valence-corrected chi connectivity index (χ3v) is 3.17. The van der Waals surface area contributed by atoms with Crippen molar-refractivity contribution in [2.75, 3.05) is 5.75 Å². The Morgan fingerprint density at radius 1 is 1.38 bits per heavy atom. The number of hydrogen-bond donors (Lipinski definition) is 1. The Labute approximate surface area is 85.1 Å². The van der Waals surface area contributed by atoms with Gasteiger partial charge >= 0.3 is 5.97 Å². The molecule has 1 N–H and O–H groups in total. The van der Waals surface area contributed by atoms with Crippen LogP contribution < -0.4 is 0 Å². The number of carbonyl (C=O) groups is 1. The normalized spacial score (nSPS) is 12.8. The lowest BCUT2D eigenvalue weighted by molar-refractivity contribution is -0.133. The van der Waals surface area contributed by atoms with Crippen LogP contribution in [0.1, 0.15) is 46.0 Å². The fourth-order valence-electron chi connectivity index (χ4n) is 1.16. The molecule has 0 saturated carbocycles. The van der Waals surface area contributed by atoms with Crippen LogP contribution in [0.4, 0.5) is 0 Å². The van der Waals surface area contributed by atoms with Crippen LogP contribution in [0.25, 0.3) is 0 Å². The van der Waals surface area contributed by atoms with E-state index in [1.165, 1.54) is 25.7 Å². The maximum absolute atomic E-state index is 10.3. The Bertz CT molecular complexity index is 137. The van der Waals surface area contributed by atoms with Crippen LogP contribution in [0.5, 0.6) is 0 Å². The molecule has 1 unspecified atom stereocenters. The molecule has 0 aliphatic rings. The van der Waals surface area contributed by atoms with E-state index in [1.54, 1.807) is 11.8 Å². The smallest absolute Gasteiger partial charge is 0.313 e. The molecule has 13 heavy (non-hydrogen) atoms. The van der Waals surface area contributed by atoms with Crippen molar-refractivity contribution < 1.29 is 9.90 Å². The Morgan fingerprint density at radius 3 is 2.62 bits per heavy atom. The highest BCUT2D eigenvalue weighted by Crippen LogP contribution is 2.17. The van der Waals surface area contributed by atoms with Crippen molar-refractivity contribution in [1.82, 2.24) is 0 Å². The summed E-state index contributed by atoms with van der Waals surface area (Å²) in [6.45, 7) is 4.31. The van der Waals surface area contributed by atoms with E-state index < -0.39 is 5.97 Å². The Kier molecular flexibility index (Phi) is 8.30. The first kappa shape index (κ1) is 12.8. The number of hydrogen-bond acceptors (Lipinski definition) is 2. The van der Waals surface area contributed by atoms with Crippen molar-refractivity contribution in [3.8, 4) is 0 Å². The van der Waals surface area contributed by atoms with Crippen molar-refractivity contribution >= 4 is 17.7 Å². The fourth-order valence-corrected chi connectivity index (χ4v) is 1.92. The largest absolute Gasteiger partial charge is 0.481 e. The standard InChI is InChI=1S/C10H20O2S/c1-3-4-5-6-7-9(2)13-8-10(11)12/h9H,3-8H2,1-2H3,(H,11,12). The fraction of sp³-hybridized carbons (Fsp3) is 0.900. The number of aliphatic carboxylic acids is 1. The zero-order chi connectivity index (χ0) is 10.1.